The van der Waals surface area contributed by atoms with Crippen molar-refractivity contribution in [2.75, 3.05) is 19.6 Å². The molecule has 0 bridgehead atoms. The van der Waals surface area contributed by atoms with Gasteiger partial charge in [-0.1, -0.05) is 0 Å². The molecule has 5 heteroatoms. The van der Waals surface area contributed by atoms with E-state index in [0.29, 0.717) is 18.1 Å². The van der Waals surface area contributed by atoms with Crippen LogP contribution in [0.15, 0.2) is 0 Å². The van der Waals surface area contributed by atoms with E-state index in [9.17, 15) is 4.79 Å². The zero-order chi connectivity index (χ0) is 14.8. The Labute approximate surface area is 122 Å². The van der Waals surface area contributed by atoms with Crippen molar-refractivity contribution in [1.29, 1.82) is 0 Å². The van der Waals surface area contributed by atoms with Crippen LogP contribution in [0.25, 0.3) is 0 Å². The van der Waals surface area contributed by atoms with Crippen LogP contribution in [0.3, 0.4) is 0 Å². The van der Waals surface area contributed by atoms with E-state index in [0.717, 1.165) is 19.6 Å². The summed E-state index contributed by atoms with van der Waals surface area (Å²) in [4.78, 5) is 13.6. The van der Waals surface area contributed by atoms with Gasteiger partial charge in [0, 0.05) is 31.2 Å². The molecule has 2 aliphatic rings. The standard InChI is InChI=1S/C15H29N3O2/c1-11(8-12-6-5-7-16-12)17-13-9-18(10-13)14(19)20-15(2,3)4/h11-13,16-17H,5-10H2,1-4H3. The second kappa shape index (κ2) is 6.31. The van der Waals surface area contributed by atoms with Gasteiger partial charge in [-0.25, -0.2) is 4.79 Å². The Bertz CT molecular complexity index is 329. The highest BCUT2D eigenvalue weighted by atomic mass is 16.6. The number of ether oxygens (including phenoxy) is 1. The van der Waals surface area contributed by atoms with E-state index in [1.54, 1.807) is 4.90 Å². The molecular formula is C15H29N3O2. The van der Waals surface area contributed by atoms with Crippen molar-refractivity contribution in [2.45, 2.75) is 70.7 Å². The monoisotopic (exact) mass is 283 g/mol. The highest BCUT2D eigenvalue weighted by molar-refractivity contribution is 5.69. The van der Waals surface area contributed by atoms with Crippen LogP contribution < -0.4 is 10.6 Å². The molecule has 0 radical (unpaired) electrons. The summed E-state index contributed by atoms with van der Waals surface area (Å²) in [7, 11) is 0. The molecular weight excluding hydrogens is 254 g/mol. The summed E-state index contributed by atoms with van der Waals surface area (Å²) >= 11 is 0. The molecule has 116 valence electrons. The summed E-state index contributed by atoms with van der Waals surface area (Å²) in [6.07, 6.45) is 3.57. The predicted molar refractivity (Wildman–Crippen MR) is 79.8 cm³/mol. The van der Waals surface area contributed by atoms with E-state index in [1.807, 2.05) is 20.8 Å². The van der Waals surface area contributed by atoms with Gasteiger partial charge in [0.15, 0.2) is 0 Å². The smallest absolute Gasteiger partial charge is 0.410 e. The molecule has 20 heavy (non-hydrogen) atoms. The van der Waals surface area contributed by atoms with E-state index in [-0.39, 0.29) is 6.09 Å². The zero-order valence-electron chi connectivity index (χ0n) is 13.2. The molecule has 5 nitrogen and oxygen atoms in total. The molecule has 0 aromatic rings. The van der Waals surface area contributed by atoms with Crippen molar-refractivity contribution >= 4 is 6.09 Å². The van der Waals surface area contributed by atoms with Crippen LogP contribution in [0.5, 0.6) is 0 Å². The topological polar surface area (TPSA) is 53.6 Å². The van der Waals surface area contributed by atoms with Crippen molar-refractivity contribution in [3.05, 3.63) is 0 Å². The largest absolute Gasteiger partial charge is 0.444 e. The fraction of sp³-hybridized carbons (Fsp3) is 0.933. The van der Waals surface area contributed by atoms with Crippen LogP contribution in [0.4, 0.5) is 4.79 Å². The SMILES string of the molecule is CC(CC1CCCN1)NC1CN(C(=O)OC(C)(C)C)C1. The molecule has 2 saturated heterocycles. The van der Waals surface area contributed by atoms with Gasteiger partial charge in [0.2, 0.25) is 0 Å². The number of nitrogens with one attached hydrogen (secondary N) is 2. The maximum Gasteiger partial charge on any atom is 0.410 e. The van der Waals surface area contributed by atoms with E-state index in [4.69, 9.17) is 4.74 Å². The van der Waals surface area contributed by atoms with Crippen LogP contribution >= 0.6 is 0 Å². The van der Waals surface area contributed by atoms with E-state index in [2.05, 4.69) is 17.6 Å². The van der Waals surface area contributed by atoms with Crippen molar-refractivity contribution in [3.8, 4) is 0 Å². The predicted octanol–water partition coefficient (Wildman–Crippen LogP) is 1.73. The molecule has 2 atom stereocenters. The van der Waals surface area contributed by atoms with Gasteiger partial charge in [0.05, 0.1) is 0 Å². The van der Waals surface area contributed by atoms with Gasteiger partial charge in [0.25, 0.3) is 0 Å². The number of nitrogens with zero attached hydrogens (tertiary/aromatic N) is 1. The summed E-state index contributed by atoms with van der Waals surface area (Å²) in [5, 5.41) is 7.13. The average Bonchev–Trinajstić information content (AvgIpc) is 2.72. The van der Waals surface area contributed by atoms with E-state index < -0.39 is 5.60 Å². The number of carbonyl (C=O) groups excluding carboxylic acids is 1. The lowest BCUT2D eigenvalue weighted by Gasteiger charge is -2.41. The fourth-order valence-corrected chi connectivity index (χ4v) is 2.91. The molecule has 2 unspecified atom stereocenters. The second-order valence-electron chi connectivity index (χ2n) is 7.18. The minimum atomic E-state index is -0.406. The van der Waals surface area contributed by atoms with E-state index in [1.165, 1.54) is 19.3 Å². The quantitative estimate of drug-likeness (QED) is 0.825. The number of carbonyl (C=O) groups is 1. The van der Waals surface area contributed by atoms with Crippen LogP contribution in [0.1, 0.15) is 47.0 Å². The molecule has 0 spiro atoms. The zero-order valence-corrected chi connectivity index (χ0v) is 13.2. The van der Waals surface area contributed by atoms with Crippen molar-refractivity contribution < 1.29 is 9.53 Å². The van der Waals surface area contributed by atoms with Gasteiger partial charge in [-0.05, 0) is 53.5 Å². The molecule has 2 N–H and O–H groups in total. The third-order valence-electron chi connectivity index (χ3n) is 3.85. The third kappa shape index (κ3) is 4.63. The highest BCUT2D eigenvalue weighted by Gasteiger charge is 2.34. The Balaban J connectivity index is 1.62. The first-order valence-electron chi connectivity index (χ1n) is 7.81. The summed E-state index contributed by atoms with van der Waals surface area (Å²) in [5.41, 5.74) is -0.406. The molecule has 2 aliphatic heterocycles. The van der Waals surface area contributed by atoms with Crippen molar-refractivity contribution in [3.63, 3.8) is 0 Å². The molecule has 0 aliphatic carbocycles. The van der Waals surface area contributed by atoms with Gasteiger partial charge in [-0.3, -0.25) is 0 Å². The van der Waals surface area contributed by atoms with Gasteiger partial charge >= 0.3 is 6.09 Å². The lowest BCUT2D eigenvalue weighted by molar-refractivity contribution is 0.00416. The minimum Gasteiger partial charge on any atom is -0.444 e. The van der Waals surface area contributed by atoms with Crippen LogP contribution in [0.2, 0.25) is 0 Å². The first kappa shape index (κ1) is 15.6. The molecule has 2 fully saturated rings. The van der Waals surface area contributed by atoms with Crippen molar-refractivity contribution in [1.82, 2.24) is 15.5 Å². The van der Waals surface area contributed by atoms with Crippen molar-refractivity contribution in [2.24, 2.45) is 0 Å². The maximum absolute atomic E-state index is 11.8. The van der Waals surface area contributed by atoms with Crippen LogP contribution in [-0.2, 0) is 4.74 Å². The number of amides is 1. The van der Waals surface area contributed by atoms with Crippen LogP contribution in [0, 0.1) is 0 Å². The normalized spacial score (nSPS) is 25.4. The first-order valence-corrected chi connectivity index (χ1v) is 7.81. The molecule has 0 saturated carbocycles. The van der Waals surface area contributed by atoms with Gasteiger partial charge in [0.1, 0.15) is 5.60 Å². The minimum absolute atomic E-state index is 0.194. The Morgan fingerprint density at radius 3 is 2.70 bits per heavy atom. The summed E-state index contributed by atoms with van der Waals surface area (Å²) in [6.45, 7) is 10.6. The lowest BCUT2D eigenvalue weighted by Crippen LogP contribution is -2.62. The summed E-state index contributed by atoms with van der Waals surface area (Å²) in [6, 6.07) is 1.58. The maximum atomic E-state index is 11.8. The molecule has 1 amide bonds. The number of rotatable bonds is 4. The lowest BCUT2D eigenvalue weighted by atomic mass is 10.0. The Morgan fingerprint density at radius 1 is 1.45 bits per heavy atom. The highest BCUT2D eigenvalue weighted by Crippen LogP contribution is 2.17. The molecule has 2 heterocycles. The van der Waals surface area contributed by atoms with Gasteiger partial charge < -0.3 is 20.3 Å². The molecule has 0 aromatic heterocycles. The van der Waals surface area contributed by atoms with Gasteiger partial charge in [-0.15, -0.1) is 0 Å². The average molecular weight is 283 g/mol. The first-order chi connectivity index (χ1) is 9.33. The number of likely N-dealkylation sites (tertiary alicyclic amines) is 1. The van der Waals surface area contributed by atoms with Gasteiger partial charge in [-0.2, -0.15) is 0 Å². The number of hydrogen-bond donors (Lipinski definition) is 2. The Hall–Kier alpha value is -0.810. The summed E-state index contributed by atoms with van der Waals surface area (Å²) in [5.74, 6) is 0. The fourth-order valence-electron chi connectivity index (χ4n) is 2.91. The van der Waals surface area contributed by atoms with E-state index >= 15 is 0 Å². The molecule has 2 rings (SSSR count). The second-order valence-corrected chi connectivity index (χ2v) is 7.18. The Morgan fingerprint density at radius 2 is 2.15 bits per heavy atom. The third-order valence-corrected chi connectivity index (χ3v) is 3.85. The molecule has 0 aromatic carbocycles. The Kier molecular flexibility index (Phi) is 4.91. The summed E-state index contributed by atoms with van der Waals surface area (Å²) < 4.78 is 5.35. The van der Waals surface area contributed by atoms with Crippen LogP contribution in [-0.4, -0.2) is 54.4 Å². The number of hydrogen-bond acceptors (Lipinski definition) is 4.